The van der Waals surface area contributed by atoms with Gasteiger partial charge in [-0.15, -0.1) is 16.4 Å². The molecule has 2 heterocycles. The molecule has 3 aromatic rings. The highest BCUT2D eigenvalue weighted by Gasteiger charge is 2.32. The Morgan fingerprint density at radius 2 is 2.14 bits per heavy atom. The van der Waals surface area contributed by atoms with Gasteiger partial charge < -0.3 is 5.32 Å². The fraction of sp³-hybridized carbons (Fsp3) is 0.455. The van der Waals surface area contributed by atoms with E-state index in [2.05, 4.69) is 36.4 Å². The van der Waals surface area contributed by atoms with E-state index in [1.807, 2.05) is 31.2 Å². The van der Waals surface area contributed by atoms with Crippen LogP contribution in [0.3, 0.4) is 0 Å². The van der Waals surface area contributed by atoms with E-state index in [1.165, 1.54) is 9.56 Å². The minimum atomic E-state index is -0.289. The van der Waals surface area contributed by atoms with Crippen molar-refractivity contribution in [3.8, 4) is 0 Å². The molecule has 1 atom stereocenters. The first-order chi connectivity index (χ1) is 13.7. The SMILES string of the molecule is Cc1cccc(NC(=O)Cn2nnc3sc4c(c3c2=O)CC[C@H](C(C)(C)C)C4)c1. The molecule has 0 bridgehead atoms. The molecular formula is C22H26N4O2S. The highest BCUT2D eigenvalue weighted by Crippen LogP contribution is 2.41. The highest BCUT2D eigenvalue weighted by molar-refractivity contribution is 7.18. The lowest BCUT2D eigenvalue weighted by atomic mass is 9.72. The van der Waals surface area contributed by atoms with Crippen molar-refractivity contribution in [3.05, 3.63) is 50.6 Å². The van der Waals surface area contributed by atoms with Gasteiger partial charge in [0.1, 0.15) is 6.54 Å². The number of hydrogen-bond donors (Lipinski definition) is 1. The topological polar surface area (TPSA) is 76.9 Å². The first kappa shape index (κ1) is 19.8. The van der Waals surface area contributed by atoms with Gasteiger partial charge in [-0.3, -0.25) is 9.59 Å². The van der Waals surface area contributed by atoms with E-state index in [0.717, 1.165) is 30.4 Å². The summed E-state index contributed by atoms with van der Waals surface area (Å²) in [7, 11) is 0. The minimum Gasteiger partial charge on any atom is -0.324 e. The molecule has 1 N–H and O–H groups in total. The molecular weight excluding hydrogens is 384 g/mol. The number of carbonyl (C=O) groups excluding carboxylic acids is 1. The van der Waals surface area contributed by atoms with Crippen LogP contribution in [0, 0.1) is 18.3 Å². The van der Waals surface area contributed by atoms with Gasteiger partial charge in [0.2, 0.25) is 5.91 Å². The number of nitrogens with one attached hydrogen (secondary N) is 1. The van der Waals surface area contributed by atoms with Crippen LogP contribution < -0.4 is 10.9 Å². The summed E-state index contributed by atoms with van der Waals surface area (Å²) >= 11 is 1.58. The third-order valence-electron chi connectivity index (χ3n) is 5.76. The van der Waals surface area contributed by atoms with Crippen molar-refractivity contribution in [2.24, 2.45) is 11.3 Å². The van der Waals surface area contributed by atoms with Gasteiger partial charge in [-0.25, -0.2) is 4.68 Å². The Kier molecular flexibility index (Phi) is 5.02. The van der Waals surface area contributed by atoms with Crippen LogP contribution in [0.1, 0.15) is 43.2 Å². The summed E-state index contributed by atoms with van der Waals surface area (Å²) in [6, 6.07) is 7.55. The molecule has 6 nitrogen and oxygen atoms in total. The zero-order chi connectivity index (χ0) is 20.8. The molecule has 1 amide bonds. The average Bonchev–Trinajstić information content (AvgIpc) is 3.01. The van der Waals surface area contributed by atoms with Crippen molar-refractivity contribution in [1.82, 2.24) is 15.0 Å². The zero-order valence-corrected chi connectivity index (χ0v) is 18.1. The van der Waals surface area contributed by atoms with Crippen molar-refractivity contribution in [2.45, 2.75) is 53.5 Å². The first-order valence-corrected chi connectivity index (χ1v) is 10.8. The predicted octanol–water partition coefficient (Wildman–Crippen LogP) is 3.95. The summed E-state index contributed by atoms with van der Waals surface area (Å²) in [4.78, 5) is 27.4. The van der Waals surface area contributed by atoms with Crippen molar-refractivity contribution in [2.75, 3.05) is 5.32 Å². The summed E-state index contributed by atoms with van der Waals surface area (Å²) in [5.41, 5.74) is 2.89. The number of benzene rings is 1. The van der Waals surface area contributed by atoms with Crippen molar-refractivity contribution in [1.29, 1.82) is 0 Å². The lowest BCUT2D eigenvalue weighted by Crippen LogP contribution is -2.31. The highest BCUT2D eigenvalue weighted by atomic mass is 32.1. The molecule has 0 saturated heterocycles. The molecule has 0 aliphatic heterocycles. The molecule has 0 spiro atoms. The maximum Gasteiger partial charge on any atom is 0.279 e. The summed E-state index contributed by atoms with van der Waals surface area (Å²) in [5.74, 6) is 0.307. The Labute approximate surface area is 173 Å². The van der Waals surface area contributed by atoms with Crippen molar-refractivity contribution >= 4 is 33.1 Å². The molecule has 0 unspecified atom stereocenters. The molecule has 152 valence electrons. The molecule has 1 aromatic carbocycles. The van der Waals surface area contributed by atoms with Crippen LogP contribution >= 0.6 is 11.3 Å². The number of anilines is 1. The van der Waals surface area contributed by atoms with Crippen LogP contribution in [-0.2, 0) is 24.2 Å². The van der Waals surface area contributed by atoms with Crippen LogP contribution in [0.15, 0.2) is 29.1 Å². The molecule has 7 heteroatoms. The molecule has 0 fully saturated rings. The second kappa shape index (κ2) is 7.37. The quantitative estimate of drug-likeness (QED) is 0.709. The van der Waals surface area contributed by atoms with Crippen molar-refractivity contribution in [3.63, 3.8) is 0 Å². The second-order valence-corrected chi connectivity index (χ2v) is 10.0. The number of thiophene rings is 1. The number of fused-ring (bicyclic) bond motifs is 3. The van der Waals surface area contributed by atoms with E-state index in [9.17, 15) is 9.59 Å². The Balaban J connectivity index is 1.60. The van der Waals surface area contributed by atoms with Gasteiger partial charge >= 0.3 is 0 Å². The van der Waals surface area contributed by atoms with E-state index in [4.69, 9.17) is 0 Å². The molecule has 29 heavy (non-hydrogen) atoms. The Morgan fingerprint density at radius 3 is 2.86 bits per heavy atom. The van der Waals surface area contributed by atoms with E-state index < -0.39 is 0 Å². The van der Waals surface area contributed by atoms with Crippen LogP contribution in [-0.4, -0.2) is 20.9 Å². The summed E-state index contributed by atoms with van der Waals surface area (Å²) in [6.07, 6.45) is 2.93. The average molecular weight is 411 g/mol. The smallest absolute Gasteiger partial charge is 0.279 e. The third kappa shape index (κ3) is 3.96. The number of hydrogen-bond acceptors (Lipinski definition) is 5. The fourth-order valence-corrected chi connectivity index (χ4v) is 5.26. The van der Waals surface area contributed by atoms with E-state index in [0.29, 0.717) is 21.8 Å². The largest absolute Gasteiger partial charge is 0.324 e. The monoisotopic (exact) mass is 410 g/mol. The first-order valence-electron chi connectivity index (χ1n) is 9.97. The van der Waals surface area contributed by atoms with Gasteiger partial charge in [-0.1, -0.05) is 38.1 Å². The number of rotatable bonds is 3. The van der Waals surface area contributed by atoms with Crippen LogP contribution in [0.4, 0.5) is 5.69 Å². The number of aryl methyl sites for hydroxylation is 2. The molecule has 2 aromatic heterocycles. The third-order valence-corrected chi connectivity index (χ3v) is 6.90. The second-order valence-electron chi connectivity index (χ2n) is 8.96. The van der Waals surface area contributed by atoms with Gasteiger partial charge in [-0.05, 0) is 60.8 Å². The Hall–Kier alpha value is -2.54. The number of aromatic nitrogens is 3. The molecule has 0 saturated carbocycles. The minimum absolute atomic E-state index is 0.148. The molecule has 1 aliphatic rings. The normalized spacial score (nSPS) is 16.6. The maximum absolute atomic E-state index is 13.1. The van der Waals surface area contributed by atoms with Gasteiger partial charge in [-0.2, -0.15) is 0 Å². The number of carbonyl (C=O) groups is 1. The molecule has 1 aliphatic carbocycles. The van der Waals surface area contributed by atoms with Crippen LogP contribution in [0.2, 0.25) is 0 Å². The molecule has 4 rings (SSSR count). The van der Waals surface area contributed by atoms with E-state index in [1.54, 1.807) is 11.3 Å². The lowest BCUT2D eigenvalue weighted by molar-refractivity contribution is -0.117. The standard InChI is InChI=1S/C22H26N4O2S/c1-13-6-5-7-15(10-13)23-18(27)12-26-21(28)19-16-9-8-14(22(2,3)4)11-17(16)29-20(19)24-25-26/h5-7,10,14H,8-9,11-12H2,1-4H3,(H,23,27)/t14-/m0/s1. The number of nitrogens with zero attached hydrogens (tertiary/aromatic N) is 3. The summed E-state index contributed by atoms with van der Waals surface area (Å²) in [5, 5.41) is 11.8. The van der Waals surface area contributed by atoms with Gasteiger partial charge in [0, 0.05) is 10.6 Å². The van der Waals surface area contributed by atoms with Crippen LogP contribution in [0.5, 0.6) is 0 Å². The van der Waals surface area contributed by atoms with Crippen molar-refractivity contribution < 1.29 is 4.79 Å². The Bertz CT molecular complexity index is 1140. The number of amides is 1. The van der Waals surface area contributed by atoms with Gasteiger partial charge in [0.25, 0.3) is 5.56 Å². The van der Waals surface area contributed by atoms with E-state index >= 15 is 0 Å². The Morgan fingerprint density at radius 1 is 1.34 bits per heavy atom. The predicted molar refractivity (Wildman–Crippen MR) is 116 cm³/mol. The van der Waals surface area contributed by atoms with Crippen LogP contribution in [0.25, 0.3) is 10.2 Å². The maximum atomic E-state index is 13.1. The zero-order valence-electron chi connectivity index (χ0n) is 17.3. The molecule has 0 radical (unpaired) electrons. The summed E-state index contributed by atoms with van der Waals surface area (Å²) in [6.45, 7) is 8.63. The van der Waals surface area contributed by atoms with Gasteiger partial charge in [0.05, 0.1) is 5.39 Å². The summed E-state index contributed by atoms with van der Waals surface area (Å²) < 4.78 is 1.18. The van der Waals surface area contributed by atoms with Gasteiger partial charge in [0.15, 0.2) is 4.83 Å². The fourth-order valence-electron chi connectivity index (χ4n) is 4.03. The lowest BCUT2D eigenvalue weighted by Gasteiger charge is -2.33. The van der Waals surface area contributed by atoms with E-state index in [-0.39, 0.29) is 23.4 Å².